The van der Waals surface area contributed by atoms with Gasteiger partial charge in [0.1, 0.15) is 22.5 Å². The lowest BCUT2D eigenvalue weighted by Crippen LogP contribution is -2.49. The van der Waals surface area contributed by atoms with Gasteiger partial charge in [-0.1, -0.05) is 11.6 Å². The molecule has 0 spiro atoms. The lowest BCUT2D eigenvalue weighted by Gasteiger charge is -2.34. The number of benzene rings is 1. The van der Waals surface area contributed by atoms with E-state index in [0.717, 1.165) is 5.82 Å². The Hall–Kier alpha value is -2.34. The molecule has 1 aromatic carbocycles. The number of nitrogens with zero attached hydrogens (tertiary/aromatic N) is 4. The minimum Gasteiger partial charge on any atom is -0.495 e. The molecule has 0 aliphatic carbocycles. The third kappa shape index (κ3) is 3.60. The summed E-state index contributed by atoms with van der Waals surface area (Å²) in [5.74, 6) is 0.993. The highest BCUT2D eigenvalue weighted by Gasteiger charge is 2.31. The third-order valence-electron chi connectivity index (χ3n) is 4.18. The van der Waals surface area contributed by atoms with Gasteiger partial charge in [-0.3, -0.25) is 0 Å². The van der Waals surface area contributed by atoms with Crippen molar-refractivity contribution >= 4 is 27.4 Å². The van der Waals surface area contributed by atoms with Crippen molar-refractivity contribution in [1.82, 2.24) is 9.29 Å². The van der Waals surface area contributed by atoms with E-state index in [4.69, 9.17) is 21.6 Å². The van der Waals surface area contributed by atoms with E-state index in [-0.39, 0.29) is 10.6 Å². The number of pyridine rings is 1. The second kappa shape index (κ2) is 7.50. The fraction of sp³-hybridized carbons (Fsp3) is 0.294. The molecular weight excluding hydrogens is 376 g/mol. The zero-order valence-electron chi connectivity index (χ0n) is 14.1. The van der Waals surface area contributed by atoms with Gasteiger partial charge in [0, 0.05) is 37.4 Å². The van der Waals surface area contributed by atoms with E-state index >= 15 is 0 Å². The van der Waals surface area contributed by atoms with Crippen LogP contribution in [-0.4, -0.2) is 51.0 Å². The summed E-state index contributed by atoms with van der Waals surface area (Å²) in [5, 5.41) is 9.17. The summed E-state index contributed by atoms with van der Waals surface area (Å²) in [5.41, 5.74) is 0.489. The number of halogens is 1. The van der Waals surface area contributed by atoms with Gasteiger partial charge in [-0.05, 0) is 30.3 Å². The number of rotatable bonds is 4. The fourth-order valence-electron chi connectivity index (χ4n) is 2.79. The predicted molar refractivity (Wildman–Crippen MR) is 97.9 cm³/mol. The Morgan fingerprint density at radius 2 is 1.92 bits per heavy atom. The number of nitriles is 1. The molecule has 0 atom stereocenters. The molecule has 0 bridgehead atoms. The lowest BCUT2D eigenvalue weighted by atomic mass is 10.3. The van der Waals surface area contributed by atoms with Crippen LogP contribution in [0.2, 0.25) is 5.02 Å². The molecule has 2 aromatic rings. The van der Waals surface area contributed by atoms with Gasteiger partial charge in [0.15, 0.2) is 0 Å². The van der Waals surface area contributed by atoms with Crippen molar-refractivity contribution < 1.29 is 13.2 Å². The maximum absolute atomic E-state index is 13.0. The van der Waals surface area contributed by atoms with E-state index in [1.807, 2.05) is 11.0 Å². The standard InChI is InChI=1S/C17H17ClN4O3S/c1-25-15-4-3-14(18)10-16(15)26(23,24)22-8-6-21(7-9-22)17-5-2-13(11-19)12-20-17/h2-5,10,12H,6-9H2,1H3. The Balaban J connectivity index is 1.76. The van der Waals surface area contributed by atoms with Crippen molar-refractivity contribution in [3.05, 3.63) is 47.1 Å². The van der Waals surface area contributed by atoms with Gasteiger partial charge in [0.2, 0.25) is 10.0 Å². The maximum atomic E-state index is 13.0. The molecule has 1 saturated heterocycles. The fourth-order valence-corrected chi connectivity index (χ4v) is 4.63. The van der Waals surface area contributed by atoms with Crippen LogP contribution in [0.15, 0.2) is 41.4 Å². The minimum absolute atomic E-state index is 0.0671. The molecule has 0 unspecified atom stereocenters. The van der Waals surface area contributed by atoms with Gasteiger partial charge in [-0.15, -0.1) is 0 Å². The largest absolute Gasteiger partial charge is 0.495 e. The Morgan fingerprint density at radius 3 is 2.50 bits per heavy atom. The molecule has 0 amide bonds. The number of anilines is 1. The normalized spacial score (nSPS) is 15.5. The lowest BCUT2D eigenvalue weighted by molar-refractivity contribution is 0.373. The summed E-state index contributed by atoms with van der Waals surface area (Å²) < 4.78 is 32.5. The van der Waals surface area contributed by atoms with E-state index in [0.29, 0.717) is 36.8 Å². The van der Waals surface area contributed by atoms with Crippen molar-refractivity contribution in [3.8, 4) is 11.8 Å². The summed E-state index contributed by atoms with van der Waals surface area (Å²) >= 11 is 5.97. The second-order valence-electron chi connectivity index (χ2n) is 5.70. The van der Waals surface area contributed by atoms with Crippen LogP contribution in [0.3, 0.4) is 0 Å². The highest BCUT2D eigenvalue weighted by molar-refractivity contribution is 7.89. The van der Waals surface area contributed by atoms with Crippen LogP contribution >= 0.6 is 11.6 Å². The number of sulfonamides is 1. The predicted octanol–water partition coefficient (Wildman–Crippen LogP) is 2.13. The average molecular weight is 393 g/mol. The summed E-state index contributed by atoms with van der Waals surface area (Å²) in [4.78, 5) is 6.31. The van der Waals surface area contributed by atoms with Crippen LogP contribution in [0.4, 0.5) is 5.82 Å². The van der Waals surface area contributed by atoms with Crippen molar-refractivity contribution in [2.75, 3.05) is 38.2 Å². The van der Waals surface area contributed by atoms with Crippen molar-refractivity contribution in [2.45, 2.75) is 4.90 Å². The summed E-state index contributed by atoms with van der Waals surface area (Å²) in [6.07, 6.45) is 1.51. The van der Waals surface area contributed by atoms with Gasteiger partial charge in [-0.2, -0.15) is 9.57 Å². The van der Waals surface area contributed by atoms with Crippen molar-refractivity contribution in [1.29, 1.82) is 5.26 Å². The number of hydrogen-bond acceptors (Lipinski definition) is 6. The molecule has 136 valence electrons. The Kier molecular flexibility index (Phi) is 5.32. The zero-order valence-corrected chi connectivity index (χ0v) is 15.7. The number of ether oxygens (including phenoxy) is 1. The molecule has 0 N–H and O–H groups in total. The van der Waals surface area contributed by atoms with Crippen LogP contribution in [0.5, 0.6) is 5.75 Å². The van der Waals surface area contributed by atoms with Crippen LogP contribution in [0.25, 0.3) is 0 Å². The number of aromatic nitrogens is 1. The van der Waals surface area contributed by atoms with Gasteiger partial charge >= 0.3 is 0 Å². The number of methoxy groups -OCH3 is 1. The van der Waals surface area contributed by atoms with E-state index in [9.17, 15) is 8.42 Å². The van der Waals surface area contributed by atoms with E-state index in [1.54, 1.807) is 24.3 Å². The highest BCUT2D eigenvalue weighted by Crippen LogP contribution is 2.30. The van der Waals surface area contributed by atoms with Crippen molar-refractivity contribution in [3.63, 3.8) is 0 Å². The van der Waals surface area contributed by atoms with E-state index < -0.39 is 10.0 Å². The first-order chi connectivity index (χ1) is 12.5. The van der Waals surface area contributed by atoms with Crippen LogP contribution in [0, 0.1) is 11.3 Å². The maximum Gasteiger partial charge on any atom is 0.246 e. The molecule has 7 nitrogen and oxygen atoms in total. The average Bonchev–Trinajstić information content (AvgIpc) is 2.68. The molecule has 9 heteroatoms. The Morgan fingerprint density at radius 1 is 1.19 bits per heavy atom. The van der Waals surface area contributed by atoms with Gasteiger partial charge < -0.3 is 9.64 Å². The first-order valence-electron chi connectivity index (χ1n) is 7.90. The number of hydrogen-bond donors (Lipinski definition) is 0. The summed E-state index contributed by atoms with van der Waals surface area (Å²) in [6.45, 7) is 1.64. The molecule has 0 radical (unpaired) electrons. The van der Waals surface area contributed by atoms with Crippen LogP contribution in [0.1, 0.15) is 5.56 Å². The number of piperazine rings is 1. The summed E-state index contributed by atoms with van der Waals surface area (Å²) in [7, 11) is -2.28. The summed E-state index contributed by atoms with van der Waals surface area (Å²) in [6, 6.07) is 10.0. The van der Waals surface area contributed by atoms with Crippen molar-refractivity contribution in [2.24, 2.45) is 0 Å². The molecule has 0 saturated carbocycles. The van der Waals surface area contributed by atoms with Crippen LogP contribution < -0.4 is 9.64 Å². The molecule has 1 aliphatic heterocycles. The quantitative estimate of drug-likeness (QED) is 0.792. The topological polar surface area (TPSA) is 86.5 Å². The molecule has 1 aliphatic rings. The molecule has 1 aromatic heterocycles. The molecular formula is C17H17ClN4O3S. The van der Waals surface area contributed by atoms with E-state index in [2.05, 4.69) is 4.98 Å². The molecule has 1 fully saturated rings. The third-order valence-corrected chi connectivity index (χ3v) is 6.34. The molecule has 2 heterocycles. The SMILES string of the molecule is COc1ccc(Cl)cc1S(=O)(=O)N1CCN(c2ccc(C#N)cn2)CC1. The van der Waals surface area contributed by atoms with Gasteiger partial charge in [0.25, 0.3) is 0 Å². The second-order valence-corrected chi connectivity index (χ2v) is 8.05. The molecule has 3 rings (SSSR count). The van der Waals surface area contributed by atoms with Gasteiger partial charge in [-0.25, -0.2) is 13.4 Å². The minimum atomic E-state index is -3.71. The first-order valence-corrected chi connectivity index (χ1v) is 9.72. The monoisotopic (exact) mass is 392 g/mol. The Bertz CT molecular complexity index is 933. The smallest absolute Gasteiger partial charge is 0.246 e. The van der Waals surface area contributed by atoms with E-state index in [1.165, 1.54) is 23.7 Å². The van der Waals surface area contributed by atoms with Gasteiger partial charge in [0.05, 0.1) is 12.7 Å². The molecule has 26 heavy (non-hydrogen) atoms. The highest BCUT2D eigenvalue weighted by atomic mass is 35.5. The Labute approximate surface area is 157 Å². The zero-order chi connectivity index (χ0) is 18.7. The van der Waals surface area contributed by atoms with Crippen LogP contribution in [-0.2, 0) is 10.0 Å². The first kappa shape index (κ1) is 18.5.